The van der Waals surface area contributed by atoms with Gasteiger partial charge in [0, 0.05) is 0 Å². The number of ether oxygens (including phenoxy) is 2. The van der Waals surface area contributed by atoms with E-state index in [2.05, 4.69) is 18.0 Å². The maximum absolute atomic E-state index is 13.2. The normalized spacial score (nSPS) is 23.8. The van der Waals surface area contributed by atoms with Crippen LogP contribution in [0.2, 0.25) is 0 Å². The number of halogens is 1. The van der Waals surface area contributed by atoms with Gasteiger partial charge in [0.1, 0.15) is 0 Å². The molecule has 0 spiro atoms. The van der Waals surface area contributed by atoms with Gasteiger partial charge in [-0.3, -0.25) is 0 Å². The van der Waals surface area contributed by atoms with Gasteiger partial charge in [-0.1, -0.05) is 0 Å². The second-order valence-corrected chi connectivity index (χ2v) is 10.3. The Morgan fingerprint density at radius 2 is 2.03 bits per heavy atom. The van der Waals surface area contributed by atoms with E-state index in [1.54, 1.807) is 19.2 Å². The molecule has 0 radical (unpaired) electrons. The Labute approximate surface area is 187 Å². The van der Waals surface area contributed by atoms with Crippen LogP contribution in [-0.2, 0) is 21.7 Å². The molecule has 1 saturated heterocycles. The molecular formula is C24H26FNO4Se. The monoisotopic (exact) mass is 491 g/mol. The fourth-order valence-electron chi connectivity index (χ4n) is 4.01. The molecule has 0 aliphatic carbocycles. The number of rotatable bonds is 6. The van der Waals surface area contributed by atoms with E-state index in [1.807, 2.05) is 18.3 Å². The Balaban J connectivity index is 1.60. The molecule has 0 amide bonds. The third kappa shape index (κ3) is 4.82. The Bertz CT molecular complexity index is 1040. The summed E-state index contributed by atoms with van der Waals surface area (Å²) < 4.78 is 27.3. The zero-order valence-corrected chi connectivity index (χ0v) is 19.3. The van der Waals surface area contributed by atoms with E-state index in [0.717, 1.165) is 31.3 Å². The van der Waals surface area contributed by atoms with Crippen molar-refractivity contribution in [3.8, 4) is 10.0 Å². The van der Waals surface area contributed by atoms with E-state index >= 15 is 0 Å². The number of aromatic nitrogens is 1. The number of methoxy groups -OCH3 is 1. The topological polar surface area (TPSA) is 71.8 Å². The third-order valence-corrected chi connectivity index (χ3v) is 7.94. The van der Waals surface area contributed by atoms with Crippen LogP contribution < -0.4 is 0 Å². The first-order chi connectivity index (χ1) is 14.9. The summed E-state index contributed by atoms with van der Waals surface area (Å²) in [5, 5.41) is 19.9. The quantitative estimate of drug-likeness (QED) is 0.520. The summed E-state index contributed by atoms with van der Waals surface area (Å²) in [6.45, 7) is 1.89. The second kappa shape index (κ2) is 9.33. The first-order valence-corrected chi connectivity index (χ1v) is 12.0. The van der Waals surface area contributed by atoms with Crippen LogP contribution in [0.15, 0.2) is 48.7 Å². The number of aliphatic hydroxyl groups is 2. The predicted molar refractivity (Wildman–Crippen MR) is 116 cm³/mol. The predicted octanol–water partition coefficient (Wildman–Crippen LogP) is 3.18. The SMILES string of the molecule is COC1(c2ccc(C)c(Cc3ncc(-c4ccc(F)cc4)[se]3)c2)CC(O)CC(CO)O1. The van der Waals surface area contributed by atoms with Gasteiger partial charge in [-0.25, -0.2) is 0 Å². The number of hydrogen-bond donors (Lipinski definition) is 2. The number of aryl methyl sites for hydroxylation is 1. The number of nitrogens with zero attached hydrogens (tertiary/aromatic N) is 1. The fourth-order valence-corrected chi connectivity index (χ4v) is 6.00. The summed E-state index contributed by atoms with van der Waals surface area (Å²) in [4.78, 5) is 4.62. The summed E-state index contributed by atoms with van der Waals surface area (Å²) in [5.74, 6) is -1.33. The van der Waals surface area contributed by atoms with E-state index in [4.69, 9.17) is 9.47 Å². The molecule has 4 rings (SSSR count). The van der Waals surface area contributed by atoms with Crippen LogP contribution in [0.4, 0.5) is 4.39 Å². The van der Waals surface area contributed by atoms with Crippen LogP contribution in [0, 0.1) is 12.7 Å². The number of benzene rings is 2. The molecule has 1 aliphatic rings. The summed E-state index contributed by atoms with van der Waals surface area (Å²) in [7, 11) is 1.56. The molecule has 3 aromatic rings. The van der Waals surface area contributed by atoms with E-state index in [1.165, 1.54) is 12.1 Å². The van der Waals surface area contributed by atoms with Gasteiger partial charge >= 0.3 is 187 Å². The van der Waals surface area contributed by atoms with Crippen molar-refractivity contribution >= 4 is 14.5 Å². The molecule has 1 aromatic heterocycles. The molecule has 0 bridgehead atoms. The van der Waals surface area contributed by atoms with Crippen LogP contribution in [0.3, 0.4) is 0 Å². The van der Waals surface area contributed by atoms with Crippen LogP contribution in [-0.4, -0.2) is 55.6 Å². The van der Waals surface area contributed by atoms with Gasteiger partial charge in [-0.2, -0.15) is 0 Å². The van der Waals surface area contributed by atoms with Crippen molar-refractivity contribution in [2.45, 2.75) is 44.2 Å². The second-order valence-electron chi connectivity index (χ2n) is 7.92. The van der Waals surface area contributed by atoms with Crippen LogP contribution in [0.25, 0.3) is 10.0 Å². The molecule has 3 unspecified atom stereocenters. The first kappa shape index (κ1) is 22.3. The van der Waals surface area contributed by atoms with Gasteiger partial charge in [0.15, 0.2) is 0 Å². The Morgan fingerprint density at radius 1 is 1.26 bits per heavy atom. The van der Waals surface area contributed by atoms with Crippen molar-refractivity contribution in [3.05, 3.63) is 75.7 Å². The van der Waals surface area contributed by atoms with E-state index in [-0.39, 0.29) is 26.9 Å². The molecule has 164 valence electrons. The van der Waals surface area contributed by atoms with Crippen molar-refractivity contribution in [2.24, 2.45) is 0 Å². The summed E-state index contributed by atoms with van der Waals surface area (Å²) in [6, 6.07) is 12.6. The van der Waals surface area contributed by atoms with Gasteiger partial charge in [0.2, 0.25) is 0 Å². The average molecular weight is 490 g/mol. The maximum atomic E-state index is 13.2. The first-order valence-electron chi connectivity index (χ1n) is 10.2. The Morgan fingerprint density at radius 3 is 2.74 bits per heavy atom. The Kier molecular flexibility index (Phi) is 6.72. The zero-order chi connectivity index (χ0) is 22.0. The van der Waals surface area contributed by atoms with Gasteiger partial charge in [0.25, 0.3) is 0 Å². The molecule has 2 N–H and O–H groups in total. The van der Waals surface area contributed by atoms with Crippen molar-refractivity contribution in [1.29, 1.82) is 0 Å². The zero-order valence-electron chi connectivity index (χ0n) is 17.5. The molecule has 1 fully saturated rings. The number of aliphatic hydroxyl groups excluding tert-OH is 2. The summed E-state index contributed by atoms with van der Waals surface area (Å²) in [6.07, 6.45) is 2.19. The van der Waals surface area contributed by atoms with Crippen molar-refractivity contribution in [1.82, 2.24) is 4.98 Å². The summed E-state index contributed by atoms with van der Waals surface area (Å²) in [5.41, 5.74) is 4.08. The Hall–Kier alpha value is -1.86. The fraction of sp³-hybridized carbons (Fsp3) is 0.375. The molecule has 2 heterocycles. The van der Waals surface area contributed by atoms with Crippen molar-refractivity contribution in [3.63, 3.8) is 0 Å². The molecule has 1 aliphatic heterocycles. The van der Waals surface area contributed by atoms with Crippen LogP contribution in [0.1, 0.15) is 34.1 Å². The summed E-state index contributed by atoms with van der Waals surface area (Å²) >= 11 is 0.0682. The van der Waals surface area contributed by atoms with E-state index < -0.39 is 18.0 Å². The third-order valence-electron chi connectivity index (χ3n) is 5.74. The van der Waals surface area contributed by atoms with Crippen molar-refractivity contribution in [2.75, 3.05) is 13.7 Å². The molecule has 5 nitrogen and oxygen atoms in total. The molecule has 7 heteroatoms. The van der Waals surface area contributed by atoms with Crippen LogP contribution in [0.5, 0.6) is 0 Å². The number of hydrogen-bond acceptors (Lipinski definition) is 5. The van der Waals surface area contributed by atoms with E-state index in [9.17, 15) is 14.6 Å². The average Bonchev–Trinajstić information content (AvgIpc) is 3.23. The molecule has 31 heavy (non-hydrogen) atoms. The van der Waals surface area contributed by atoms with Gasteiger partial charge in [-0.05, 0) is 0 Å². The minimum atomic E-state index is -1.09. The van der Waals surface area contributed by atoms with Crippen LogP contribution >= 0.6 is 0 Å². The standard InChI is InChI=1S/C24H26FNO4Se/c1-15-3-6-18(24(29-2)12-20(28)11-21(14-27)30-24)9-17(15)10-23-26-13-22(31-23)16-4-7-19(25)8-5-16/h3-9,13,20-21,27-28H,10-12,14H2,1-2H3. The van der Waals surface area contributed by atoms with E-state index in [0.29, 0.717) is 19.3 Å². The molecule has 3 atom stereocenters. The van der Waals surface area contributed by atoms with Gasteiger partial charge in [0.05, 0.1) is 0 Å². The molecular weight excluding hydrogens is 464 g/mol. The minimum absolute atomic E-state index is 0.0682. The van der Waals surface area contributed by atoms with Gasteiger partial charge < -0.3 is 0 Å². The molecule has 2 aromatic carbocycles. The van der Waals surface area contributed by atoms with Gasteiger partial charge in [-0.15, -0.1) is 0 Å². The molecule has 0 saturated carbocycles. The van der Waals surface area contributed by atoms with Crippen molar-refractivity contribution < 1.29 is 24.1 Å².